The number of anilines is 1. The number of sulfonamides is 1. The number of nitro benzene ring substituents is 1. The first kappa shape index (κ1) is 19.0. The van der Waals surface area contributed by atoms with Crippen molar-refractivity contribution in [3.05, 3.63) is 63.7 Å². The van der Waals surface area contributed by atoms with Crippen LogP contribution in [0.3, 0.4) is 0 Å². The van der Waals surface area contributed by atoms with Gasteiger partial charge in [-0.2, -0.15) is 9.41 Å². The third-order valence-corrected chi connectivity index (χ3v) is 6.24. The molecule has 27 heavy (non-hydrogen) atoms. The zero-order chi connectivity index (χ0) is 19.4. The van der Waals surface area contributed by atoms with Crippen molar-refractivity contribution in [2.24, 2.45) is 5.10 Å². The zero-order valence-electron chi connectivity index (χ0n) is 14.8. The van der Waals surface area contributed by atoms with Gasteiger partial charge in [0.25, 0.3) is 5.69 Å². The van der Waals surface area contributed by atoms with Crippen LogP contribution in [0.25, 0.3) is 0 Å². The Labute approximate surface area is 157 Å². The van der Waals surface area contributed by atoms with Crippen molar-refractivity contribution in [1.82, 2.24) is 4.31 Å². The van der Waals surface area contributed by atoms with Crippen LogP contribution < -0.4 is 5.43 Å². The minimum absolute atomic E-state index is 0.0795. The standard InChI is InChI=1S/C18H20N4O4S/c1-14-4-6-15(7-5-14)13-19-20-17-9-8-16(12-18(17)22(23)24)27(25,26)21-10-2-3-11-21/h4-9,12-13,20H,2-3,10-11H2,1H3/b19-13-. The van der Waals surface area contributed by atoms with E-state index in [4.69, 9.17) is 0 Å². The second-order valence-electron chi connectivity index (χ2n) is 6.33. The summed E-state index contributed by atoms with van der Waals surface area (Å²) in [6.45, 7) is 2.86. The molecule has 1 N–H and O–H groups in total. The average molecular weight is 388 g/mol. The summed E-state index contributed by atoms with van der Waals surface area (Å²) >= 11 is 0. The van der Waals surface area contributed by atoms with Crippen LogP contribution in [-0.2, 0) is 10.0 Å². The Bertz CT molecular complexity index is 965. The van der Waals surface area contributed by atoms with Crippen LogP contribution in [-0.4, -0.2) is 37.0 Å². The molecule has 1 saturated heterocycles. The molecule has 1 aliphatic rings. The van der Waals surface area contributed by atoms with Gasteiger partial charge in [0.2, 0.25) is 10.0 Å². The topological polar surface area (TPSA) is 105 Å². The monoisotopic (exact) mass is 388 g/mol. The molecule has 142 valence electrons. The molecule has 0 atom stereocenters. The van der Waals surface area contributed by atoms with Gasteiger partial charge in [-0.05, 0) is 37.5 Å². The van der Waals surface area contributed by atoms with E-state index in [0.717, 1.165) is 30.0 Å². The zero-order valence-corrected chi connectivity index (χ0v) is 15.6. The predicted molar refractivity (Wildman–Crippen MR) is 103 cm³/mol. The highest BCUT2D eigenvalue weighted by atomic mass is 32.2. The Morgan fingerprint density at radius 2 is 1.81 bits per heavy atom. The maximum absolute atomic E-state index is 12.6. The Hall–Kier alpha value is -2.78. The number of rotatable bonds is 6. The number of aryl methyl sites for hydroxylation is 1. The quantitative estimate of drug-likeness (QED) is 0.465. The highest BCUT2D eigenvalue weighted by molar-refractivity contribution is 7.89. The number of nitrogens with one attached hydrogen (secondary N) is 1. The van der Waals surface area contributed by atoms with Crippen molar-refractivity contribution in [2.75, 3.05) is 18.5 Å². The lowest BCUT2D eigenvalue weighted by molar-refractivity contribution is -0.384. The molecule has 8 nitrogen and oxygen atoms in total. The van der Waals surface area contributed by atoms with Gasteiger partial charge < -0.3 is 0 Å². The molecule has 0 unspecified atom stereocenters. The fourth-order valence-corrected chi connectivity index (χ4v) is 4.36. The minimum Gasteiger partial charge on any atom is -0.272 e. The second kappa shape index (κ2) is 7.85. The molecule has 0 aromatic heterocycles. The smallest absolute Gasteiger partial charge is 0.272 e. The van der Waals surface area contributed by atoms with Gasteiger partial charge in [0.15, 0.2) is 0 Å². The summed E-state index contributed by atoms with van der Waals surface area (Å²) in [6.07, 6.45) is 3.14. The number of hydrogen-bond donors (Lipinski definition) is 1. The van der Waals surface area contributed by atoms with Crippen molar-refractivity contribution in [1.29, 1.82) is 0 Å². The summed E-state index contributed by atoms with van der Waals surface area (Å²) in [5.41, 5.74) is 4.37. The molecule has 2 aromatic carbocycles. The lowest BCUT2D eigenvalue weighted by atomic mass is 10.2. The normalized spacial score (nSPS) is 15.3. The molecule has 9 heteroatoms. The maximum atomic E-state index is 12.6. The maximum Gasteiger partial charge on any atom is 0.295 e. The van der Waals surface area contributed by atoms with Crippen LogP contribution in [0, 0.1) is 17.0 Å². The summed E-state index contributed by atoms with van der Waals surface area (Å²) in [4.78, 5) is 10.7. The van der Waals surface area contributed by atoms with Crippen LogP contribution in [0.1, 0.15) is 24.0 Å². The fraction of sp³-hybridized carbons (Fsp3) is 0.278. The summed E-state index contributed by atoms with van der Waals surface area (Å²) in [5, 5.41) is 15.4. The van der Waals surface area contributed by atoms with Gasteiger partial charge in [0.1, 0.15) is 5.69 Å². The van der Waals surface area contributed by atoms with E-state index in [1.165, 1.54) is 22.7 Å². The van der Waals surface area contributed by atoms with E-state index in [0.29, 0.717) is 13.1 Å². The van der Waals surface area contributed by atoms with E-state index < -0.39 is 14.9 Å². The summed E-state index contributed by atoms with van der Waals surface area (Å²) < 4.78 is 26.6. The minimum atomic E-state index is -3.72. The number of hydrazone groups is 1. The van der Waals surface area contributed by atoms with Crippen LogP contribution in [0.2, 0.25) is 0 Å². The second-order valence-corrected chi connectivity index (χ2v) is 8.27. The van der Waals surface area contributed by atoms with E-state index >= 15 is 0 Å². The number of hydrogen-bond acceptors (Lipinski definition) is 6. The summed E-state index contributed by atoms with van der Waals surface area (Å²) in [5.74, 6) is 0. The van der Waals surface area contributed by atoms with Gasteiger partial charge in [-0.15, -0.1) is 0 Å². The molecule has 0 amide bonds. The molecule has 1 heterocycles. The highest BCUT2D eigenvalue weighted by Crippen LogP contribution is 2.30. The first-order valence-electron chi connectivity index (χ1n) is 8.52. The Kier molecular flexibility index (Phi) is 5.52. The van der Waals surface area contributed by atoms with Gasteiger partial charge >= 0.3 is 0 Å². The Morgan fingerprint density at radius 1 is 1.15 bits per heavy atom. The van der Waals surface area contributed by atoms with Gasteiger partial charge in [0, 0.05) is 19.2 Å². The molecule has 2 aromatic rings. The SMILES string of the molecule is Cc1ccc(/C=N\Nc2ccc(S(=O)(=O)N3CCCC3)cc2[N+](=O)[O-])cc1. The molecule has 3 rings (SSSR count). The Balaban J connectivity index is 1.83. The summed E-state index contributed by atoms with van der Waals surface area (Å²) in [6, 6.07) is 11.4. The van der Waals surface area contributed by atoms with Crippen LogP contribution >= 0.6 is 0 Å². The van der Waals surface area contributed by atoms with Crippen LogP contribution in [0.5, 0.6) is 0 Å². The van der Waals surface area contributed by atoms with E-state index in [1.807, 2.05) is 31.2 Å². The van der Waals surface area contributed by atoms with Gasteiger partial charge in [-0.25, -0.2) is 8.42 Å². The molecule has 1 aliphatic heterocycles. The van der Waals surface area contributed by atoms with Crippen molar-refractivity contribution >= 4 is 27.6 Å². The molecule has 0 radical (unpaired) electrons. The van der Waals surface area contributed by atoms with E-state index in [2.05, 4.69) is 10.5 Å². The molecule has 0 saturated carbocycles. The van der Waals surface area contributed by atoms with Gasteiger partial charge in [0.05, 0.1) is 16.0 Å². The molecule has 0 spiro atoms. The van der Waals surface area contributed by atoms with Gasteiger partial charge in [-0.3, -0.25) is 15.5 Å². The van der Waals surface area contributed by atoms with Crippen molar-refractivity contribution in [3.63, 3.8) is 0 Å². The fourth-order valence-electron chi connectivity index (χ4n) is 2.82. The molecule has 0 aliphatic carbocycles. The largest absolute Gasteiger partial charge is 0.295 e. The van der Waals surface area contributed by atoms with Crippen molar-refractivity contribution in [3.8, 4) is 0 Å². The first-order chi connectivity index (χ1) is 12.9. The highest BCUT2D eigenvalue weighted by Gasteiger charge is 2.29. The van der Waals surface area contributed by atoms with Crippen LogP contribution in [0.4, 0.5) is 11.4 Å². The number of nitro groups is 1. The molecule has 0 bridgehead atoms. The summed E-state index contributed by atoms with van der Waals surface area (Å²) in [7, 11) is -3.72. The molecular weight excluding hydrogens is 368 g/mol. The average Bonchev–Trinajstić information content (AvgIpc) is 3.19. The van der Waals surface area contributed by atoms with Gasteiger partial charge in [-0.1, -0.05) is 29.8 Å². The van der Waals surface area contributed by atoms with Crippen molar-refractivity contribution < 1.29 is 13.3 Å². The Morgan fingerprint density at radius 3 is 2.44 bits per heavy atom. The first-order valence-corrected chi connectivity index (χ1v) is 9.96. The lowest BCUT2D eigenvalue weighted by Gasteiger charge is -2.15. The third-order valence-electron chi connectivity index (χ3n) is 4.34. The van der Waals surface area contributed by atoms with Crippen LogP contribution in [0.15, 0.2) is 52.5 Å². The number of benzene rings is 2. The third kappa shape index (κ3) is 4.32. The van der Waals surface area contributed by atoms with Crippen molar-refractivity contribution in [2.45, 2.75) is 24.7 Å². The lowest BCUT2D eigenvalue weighted by Crippen LogP contribution is -2.27. The van der Waals surface area contributed by atoms with E-state index in [9.17, 15) is 18.5 Å². The predicted octanol–water partition coefficient (Wildman–Crippen LogP) is 3.13. The van der Waals surface area contributed by atoms with E-state index in [1.54, 1.807) is 0 Å². The molecule has 1 fully saturated rings. The number of nitrogens with zero attached hydrogens (tertiary/aromatic N) is 3. The van der Waals surface area contributed by atoms with E-state index in [-0.39, 0.29) is 16.3 Å². The molecular formula is C18H20N4O4S.